The van der Waals surface area contributed by atoms with Crippen LogP contribution < -0.4 is 15.0 Å². The van der Waals surface area contributed by atoms with Gasteiger partial charge in [-0.25, -0.2) is 14.5 Å². The molecule has 0 radical (unpaired) electrons. The number of hydrogen-bond acceptors (Lipinski definition) is 5. The number of nitrogens with one attached hydrogen (secondary N) is 1. The molecule has 0 aliphatic carbocycles. The molecule has 1 fully saturated rings. The van der Waals surface area contributed by atoms with E-state index in [0.29, 0.717) is 32.0 Å². The third-order valence-corrected chi connectivity index (χ3v) is 5.75. The Morgan fingerprint density at radius 2 is 1.94 bits per heavy atom. The van der Waals surface area contributed by atoms with Crippen LogP contribution in [0.25, 0.3) is 5.69 Å². The van der Waals surface area contributed by atoms with E-state index in [1.807, 2.05) is 48.2 Å². The number of ether oxygens (including phenoxy) is 1. The first kappa shape index (κ1) is 22.0. The zero-order valence-corrected chi connectivity index (χ0v) is 19.0. The molecular formula is C23H27ClN6O2. The molecule has 0 unspecified atom stereocenters. The largest absolute Gasteiger partial charge is 0.492 e. The van der Waals surface area contributed by atoms with Gasteiger partial charge in [-0.1, -0.05) is 24.3 Å². The van der Waals surface area contributed by atoms with E-state index in [1.165, 1.54) is 5.56 Å². The predicted octanol–water partition coefficient (Wildman–Crippen LogP) is 3.66. The highest BCUT2D eigenvalue weighted by atomic mass is 35.5. The van der Waals surface area contributed by atoms with Crippen LogP contribution in [-0.4, -0.2) is 58.5 Å². The van der Waals surface area contributed by atoms with Gasteiger partial charge < -0.3 is 19.9 Å². The standard InChI is InChI=1S/C23H27ClN6O2/c1-3-32-21-14-19(8-9-20(21)30-16-26-22(24)27-30)28-10-12-29(13-11-28)23(31)25-15-18-7-5-4-6-17(18)2/h4-9,14,16H,3,10-13,15H2,1-2H3,(H,25,31). The molecule has 2 aromatic carbocycles. The molecule has 1 N–H and O–H groups in total. The second-order valence-corrected chi connectivity index (χ2v) is 7.94. The number of nitrogens with zero attached hydrogens (tertiary/aromatic N) is 5. The first-order valence-corrected chi connectivity index (χ1v) is 11.1. The fraction of sp³-hybridized carbons (Fsp3) is 0.348. The van der Waals surface area contributed by atoms with Crippen LogP contribution in [0.15, 0.2) is 48.8 Å². The van der Waals surface area contributed by atoms with Crippen molar-refractivity contribution in [3.8, 4) is 11.4 Å². The van der Waals surface area contributed by atoms with Gasteiger partial charge in [0.1, 0.15) is 17.8 Å². The molecule has 1 aliphatic rings. The second-order valence-electron chi connectivity index (χ2n) is 7.60. The third-order valence-electron chi connectivity index (χ3n) is 5.58. The Balaban J connectivity index is 1.37. The second kappa shape index (κ2) is 9.91. The van der Waals surface area contributed by atoms with Gasteiger partial charge in [0.15, 0.2) is 0 Å². The zero-order chi connectivity index (χ0) is 22.5. The maximum absolute atomic E-state index is 12.6. The molecule has 168 valence electrons. The quantitative estimate of drug-likeness (QED) is 0.615. The summed E-state index contributed by atoms with van der Waals surface area (Å²) >= 11 is 5.87. The van der Waals surface area contributed by atoms with Crippen LogP contribution in [0, 0.1) is 6.92 Å². The summed E-state index contributed by atoms with van der Waals surface area (Å²) in [5, 5.41) is 7.39. The van der Waals surface area contributed by atoms with Gasteiger partial charge in [-0.05, 0) is 48.7 Å². The van der Waals surface area contributed by atoms with Crippen molar-refractivity contribution in [3.63, 3.8) is 0 Å². The molecule has 1 aromatic heterocycles. The van der Waals surface area contributed by atoms with E-state index in [0.717, 1.165) is 30.0 Å². The fourth-order valence-electron chi connectivity index (χ4n) is 3.78. The van der Waals surface area contributed by atoms with Crippen molar-refractivity contribution in [2.75, 3.05) is 37.7 Å². The van der Waals surface area contributed by atoms with Gasteiger partial charge in [-0.15, -0.1) is 5.10 Å². The monoisotopic (exact) mass is 454 g/mol. The Morgan fingerprint density at radius 3 is 2.62 bits per heavy atom. The molecule has 1 aliphatic heterocycles. The average molecular weight is 455 g/mol. The highest BCUT2D eigenvalue weighted by Crippen LogP contribution is 2.29. The minimum absolute atomic E-state index is 0.0266. The van der Waals surface area contributed by atoms with Crippen LogP contribution >= 0.6 is 11.6 Å². The van der Waals surface area contributed by atoms with E-state index in [-0.39, 0.29) is 11.3 Å². The lowest BCUT2D eigenvalue weighted by Gasteiger charge is -2.36. The average Bonchev–Trinajstić information content (AvgIpc) is 3.24. The number of anilines is 1. The highest BCUT2D eigenvalue weighted by molar-refractivity contribution is 6.28. The molecule has 0 atom stereocenters. The van der Waals surface area contributed by atoms with Crippen LogP contribution in [0.5, 0.6) is 5.75 Å². The Labute approximate surface area is 192 Å². The van der Waals surface area contributed by atoms with E-state index in [1.54, 1.807) is 11.0 Å². The van der Waals surface area contributed by atoms with Crippen molar-refractivity contribution in [1.29, 1.82) is 0 Å². The summed E-state index contributed by atoms with van der Waals surface area (Å²) in [4.78, 5) is 20.7. The summed E-state index contributed by atoms with van der Waals surface area (Å²) in [6.07, 6.45) is 1.56. The lowest BCUT2D eigenvalue weighted by molar-refractivity contribution is 0.194. The number of carbonyl (C=O) groups is 1. The van der Waals surface area contributed by atoms with Crippen molar-refractivity contribution in [2.45, 2.75) is 20.4 Å². The Hall–Kier alpha value is -3.26. The molecule has 2 heterocycles. The topological polar surface area (TPSA) is 75.5 Å². The van der Waals surface area contributed by atoms with Crippen molar-refractivity contribution in [1.82, 2.24) is 25.0 Å². The minimum Gasteiger partial charge on any atom is -0.492 e. The molecule has 4 rings (SSSR count). The molecule has 1 saturated heterocycles. The van der Waals surface area contributed by atoms with Gasteiger partial charge in [-0.3, -0.25) is 0 Å². The molecule has 3 aromatic rings. The van der Waals surface area contributed by atoms with Crippen LogP contribution in [-0.2, 0) is 6.54 Å². The number of aromatic nitrogens is 3. The molecule has 9 heteroatoms. The summed E-state index contributed by atoms with van der Waals surface area (Å²) in [5.74, 6) is 0.713. The number of benzene rings is 2. The molecule has 8 nitrogen and oxygen atoms in total. The fourth-order valence-corrected chi connectivity index (χ4v) is 3.90. The Morgan fingerprint density at radius 1 is 1.16 bits per heavy atom. The Kier molecular flexibility index (Phi) is 6.80. The van der Waals surface area contributed by atoms with Crippen LogP contribution in [0.2, 0.25) is 5.28 Å². The van der Waals surface area contributed by atoms with E-state index in [4.69, 9.17) is 16.3 Å². The molecular weight excluding hydrogens is 428 g/mol. The normalized spacial score (nSPS) is 13.8. The summed E-state index contributed by atoms with van der Waals surface area (Å²) in [5.41, 5.74) is 4.14. The summed E-state index contributed by atoms with van der Waals surface area (Å²) in [6, 6.07) is 14.1. The van der Waals surface area contributed by atoms with Crippen molar-refractivity contribution in [2.24, 2.45) is 0 Å². The van der Waals surface area contributed by atoms with Gasteiger partial charge in [0, 0.05) is 44.5 Å². The number of carbonyl (C=O) groups excluding carboxylic acids is 1. The zero-order valence-electron chi connectivity index (χ0n) is 18.3. The molecule has 0 bridgehead atoms. The number of aryl methyl sites for hydroxylation is 1. The number of amides is 2. The summed E-state index contributed by atoms with van der Waals surface area (Å²) < 4.78 is 7.45. The van der Waals surface area contributed by atoms with Crippen molar-refractivity contribution in [3.05, 3.63) is 65.2 Å². The number of hydrogen-bond donors (Lipinski definition) is 1. The van der Waals surface area contributed by atoms with Crippen molar-refractivity contribution < 1.29 is 9.53 Å². The smallest absolute Gasteiger partial charge is 0.317 e. The lowest BCUT2D eigenvalue weighted by atomic mass is 10.1. The van der Waals surface area contributed by atoms with Crippen LogP contribution in [0.1, 0.15) is 18.1 Å². The summed E-state index contributed by atoms with van der Waals surface area (Å²) in [6.45, 7) is 7.88. The van der Waals surface area contributed by atoms with Crippen LogP contribution in [0.4, 0.5) is 10.5 Å². The van der Waals surface area contributed by atoms with Crippen LogP contribution in [0.3, 0.4) is 0 Å². The van der Waals surface area contributed by atoms with E-state index < -0.39 is 0 Å². The molecule has 32 heavy (non-hydrogen) atoms. The first-order chi connectivity index (χ1) is 15.5. The number of rotatable bonds is 6. The molecule has 0 spiro atoms. The summed E-state index contributed by atoms with van der Waals surface area (Å²) in [7, 11) is 0. The van der Waals surface area contributed by atoms with Gasteiger partial charge in [0.05, 0.1) is 6.61 Å². The van der Waals surface area contributed by atoms with Gasteiger partial charge in [-0.2, -0.15) is 0 Å². The lowest BCUT2D eigenvalue weighted by Crippen LogP contribution is -2.51. The minimum atomic E-state index is -0.0266. The van der Waals surface area contributed by atoms with Crippen molar-refractivity contribution >= 4 is 23.3 Å². The van der Waals surface area contributed by atoms with E-state index >= 15 is 0 Å². The van der Waals surface area contributed by atoms with Gasteiger partial charge in [0.2, 0.25) is 5.28 Å². The molecule has 2 amide bonds. The first-order valence-electron chi connectivity index (χ1n) is 10.7. The number of piperazine rings is 1. The number of urea groups is 1. The van der Waals surface area contributed by atoms with Gasteiger partial charge in [0.25, 0.3) is 0 Å². The maximum Gasteiger partial charge on any atom is 0.317 e. The molecule has 0 saturated carbocycles. The van der Waals surface area contributed by atoms with E-state index in [2.05, 4.69) is 33.3 Å². The Bertz CT molecular complexity index is 1080. The predicted molar refractivity (Wildman–Crippen MR) is 125 cm³/mol. The number of halogens is 1. The third kappa shape index (κ3) is 4.96. The van der Waals surface area contributed by atoms with Gasteiger partial charge >= 0.3 is 6.03 Å². The maximum atomic E-state index is 12.6. The highest BCUT2D eigenvalue weighted by Gasteiger charge is 2.22. The van der Waals surface area contributed by atoms with E-state index in [9.17, 15) is 4.79 Å². The SMILES string of the molecule is CCOc1cc(N2CCN(C(=O)NCc3ccccc3C)CC2)ccc1-n1cnc(Cl)n1.